The first-order valence-electron chi connectivity index (χ1n) is 9.90. The Bertz CT molecular complexity index is 913. The number of allylic oxidation sites excluding steroid dienone is 1. The van der Waals surface area contributed by atoms with Crippen LogP contribution in [0.5, 0.6) is 0 Å². The van der Waals surface area contributed by atoms with E-state index in [0.717, 1.165) is 45.6 Å². The molecule has 152 valence electrons. The molecule has 0 aliphatic carbocycles. The van der Waals surface area contributed by atoms with E-state index >= 15 is 0 Å². The number of halogens is 2. The predicted molar refractivity (Wildman–Crippen MR) is 126 cm³/mol. The SMILES string of the molecule is C=CCC[C@@H](c1ccc2c(c1)c1ccccc1n2CC)N1CCNCC1.Cl.Cl. The standard InChI is InChI=1S/C23H29N3.2ClH/c1-3-5-9-21(25-15-13-24-14-16-25)18-11-12-23-20(17-18)19-8-6-7-10-22(19)26(23)4-2;;/h3,6-8,10-12,17,21,24H,1,4-5,9,13-16H2,2H3;2*1H/t21-;;/m0../s1. The third-order valence-corrected chi connectivity index (χ3v) is 5.73. The average molecular weight is 420 g/mol. The smallest absolute Gasteiger partial charge is 0.0491 e. The van der Waals surface area contributed by atoms with Crippen LogP contribution < -0.4 is 5.32 Å². The second-order valence-corrected chi connectivity index (χ2v) is 7.21. The van der Waals surface area contributed by atoms with E-state index in [1.807, 2.05) is 0 Å². The van der Waals surface area contributed by atoms with E-state index in [4.69, 9.17) is 0 Å². The van der Waals surface area contributed by atoms with Crippen molar-refractivity contribution in [2.45, 2.75) is 32.4 Å². The molecule has 3 aromatic rings. The summed E-state index contributed by atoms with van der Waals surface area (Å²) in [6.45, 7) is 11.6. The molecule has 28 heavy (non-hydrogen) atoms. The highest BCUT2D eigenvalue weighted by molar-refractivity contribution is 6.08. The molecule has 0 amide bonds. The van der Waals surface area contributed by atoms with Gasteiger partial charge in [0.25, 0.3) is 0 Å². The summed E-state index contributed by atoms with van der Waals surface area (Å²) in [5.41, 5.74) is 4.13. The highest BCUT2D eigenvalue weighted by atomic mass is 35.5. The Labute approximate surface area is 180 Å². The summed E-state index contributed by atoms with van der Waals surface area (Å²) in [6.07, 6.45) is 4.25. The van der Waals surface area contributed by atoms with Gasteiger partial charge in [-0.25, -0.2) is 0 Å². The number of fused-ring (bicyclic) bond motifs is 3. The molecule has 1 fully saturated rings. The zero-order valence-corrected chi connectivity index (χ0v) is 18.2. The van der Waals surface area contributed by atoms with Gasteiger partial charge in [-0.1, -0.05) is 30.3 Å². The molecule has 1 aromatic heterocycles. The summed E-state index contributed by atoms with van der Waals surface area (Å²) < 4.78 is 2.43. The summed E-state index contributed by atoms with van der Waals surface area (Å²) in [7, 11) is 0. The molecule has 0 unspecified atom stereocenters. The van der Waals surface area contributed by atoms with Gasteiger partial charge in [0.05, 0.1) is 0 Å². The van der Waals surface area contributed by atoms with E-state index in [2.05, 4.69) is 76.8 Å². The molecule has 0 spiro atoms. The van der Waals surface area contributed by atoms with Gasteiger partial charge >= 0.3 is 0 Å². The zero-order chi connectivity index (χ0) is 17.9. The number of rotatable bonds is 6. The third-order valence-electron chi connectivity index (χ3n) is 5.73. The van der Waals surface area contributed by atoms with Crippen LogP contribution in [0.3, 0.4) is 0 Å². The molecule has 2 aromatic carbocycles. The lowest BCUT2D eigenvalue weighted by molar-refractivity contribution is 0.166. The molecular weight excluding hydrogens is 389 g/mol. The number of para-hydroxylation sites is 1. The van der Waals surface area contributed by atoms with Gasteiger partial charge in [0, 0.05) is 60.6 Å². The molecule has 0 radical (unpaired) electrons. The fraction of sp³-hybridized carbons (Fsp3) is 0.391. The first kappa shape index (κ1) is 22.8. The molecule has 3 nitrogen and oxygen atoms in total. The minimum Gasteiger partial charge on any atom is -0.341 e. The largest absolute Gasteiger partial charge is 0.341 e. The molecule has 5 heteroatoms. The Kier molecular flexibility index (Phi) is 8.38. The maximum atomic E-state index is 3.94. The molecule has 0 bridgehead atoms. The number of hydrogen-bond acceptors (Lipinski definition) is 2. The summed E-state index contributed by atoms with van der Waals surface area (Å²) in [5.74, 6) is 0. The monoisotopic (exact) mass is 419 g/mol. The van der Waals surface area contributed by atoms with Gasteiger partial charge in [-0.15, -0.1) is 31.4 Å². The van der Waals surface area contributed by atoms with Crippen LogP contribution in [-0.2, 0) is 6.54 Å². The highest BCUT2D eigenvalue weighted by Gasteiger charge is 2.22. The van der Waals surface area contributed by atoms with E-state index < -0.39 is 0 Å². The Morgan fingerprint density at radius 1 is 1.04 bits per heavy atom. The first-order valence-corrected chi connectivity index (χ1v) is 9.90. The van der Waals surface area contributed by atoms with Gasteiger partial charge in [0.15, 0.2) is 0 Å². The molecule has 1 aliphatic heterocycles. The summed E-state index contributed by atoms with van der Waals surface area (Å²) in [5, 5.41) is 6.23. The molecule has 1 aliphatic rings. The number of benzene rings is 2. The van der Waals surface area contributed by atoms with E-state index in [0.29, 0.717) is 6.04 Å². The lowest BCUT2D eigenvalue weighted by Crippen LogP contribution is -2.45. The average Bonchev–Trinajstić information content (AvgIpc) is 3.02. The fourth-order valence-corrected chi connectivity index (χ4v) is 4.45. The Morgan fingerprint density at radius 3 is 2.46 bits per heavy atom. The van der Waals surface area contributed by atoms with Crippen molar-refractivity contribution in [3.8, 4) is 0 Å². The number of nitrogens with one attached hydrogen (secondary N) is 1. The molecule has 2 heterocycles. The minimum atomic E-state index is 0. The second kappa shape index (κ2) is 10.3. The van der Waals surface area contributed by atoms with Crippen molar-refractivity contribution in [3.05, 3.63) is 60.7 Å². The Hall–Kier alpha value is -1.52. The summed E-state index contributed by atoms with van der Waals surface area (Å²) in [4.78, 5) is 2.64. The summed E-state index contributed by atoms with van der Waals surface area (Å²) >= 11 is 0. The normalized spacial score (nSPS) is 15.8. The lowest BCUT2D eigenvalue weighted by atomic mass is 9.97. The lowest BCUT2D eigenvalue weighted by Gasteiger charge is -2.35. The maximum Gasteiger partial charge on any atom is 0.0491 e. The van der Waals surface area contributed by atoms with Crippen LogP contribution in [0, 0.1) is 0 Å². The van der Waals surface area contributed by atoms with E-state index in [9.17, 15) is 0 Å². The van der Waals surface area contributed by atoms with Gasteiger partial charge in [0.2, 0.25) is 0 Å². The second-order valence-electron chi connectivity index (χ2n) is 7.21. The van der Waals surface area contributed by atoms with Crippen molar-refractivity contribution in [1.29, 1.82) is 0 Å². The minimum absolute atomic E-state index is 0. The topological polar surface area (TPSA) is 20.2 Å². The third kappa shape index (κ3) is 4.23. The molecule has 1 N–H and O–H groups in total. The Balaban J connectivity index is 0.00000140. The van der Waals surface area contributed by atoms with E-state index in [1.54, 1.807) is 0 Å². The number of piperazine rings is 1. The molecule has 4 rings (SSSR count). The number of hydrogen-bond donors (Lipinski definition) is 1. The van der Waals surface area contributed by atoms with Crippen molar-refractivity contribution in [2.75, 3.05) is 26.2 Å². The van der Waals surface area contributed by atoms with Crippen LogP contribution in [-0.4, -0.2) is 35.6 Å². The number of aryl methyl sites for hydroxylation is 1. The van der Waals surface area contributed by atoms with Crippen molar-refractivity contribution in [1.82, 2.24) is 14.8 Å². The quantitative estimate of drug-likeness (QED) is 0.526. The number of aromatic nitrogens is 1. The number of nitrogens with zero attached hydrogens (tertiary/aromatic N) is 2. The zero-order valence-electron chi connectivity index (χ0n) is 16.6. The van der Waals surface area contributed by atoms with Crippen LogP contribution in [0.2, 0.25) is 0 Å². The van der Waals surface area contributed by atoms with Crippen molar-refractivity contribution >= 4 is 46.6 Å². The van der Waals surface area contributed by atoms with Crippen molar-refractivity contribution in [3.63, 3.8) is 0 Å². The first-order chi connectivity index (χ1) is 12.8. The highest BCUT2D eigenvalue weighted by Crippen LogP contribution is 2.34. The van der Waals surface area contributed by atoms with Gasteiger partial charge in [0.1, 0.15) is 0 Å². The van der Waals surface area contributed by atoms with Gasteiger partial charge in [-0.2, -0.15) is 0 Å². The van der Waals surface area contributed by atoms with Crippen LogP contribution >= 0.6 is 24.8 Å². The molecule has 1 saturated heterocycles. The fourth-order valence-electron chi connectivity index (χ4n) is 4.45. The van der Waals surface area contributed by atoms with Crippen LogP contribution in [0.4, 0.5) is 0 Å². The van der Waals surface area contributed by atoms with Gasteiger partial charge in [-0.05, 0) is 43.5 Å². The van der Waals surface area contributed by atoms with Crippen molar-refractivity contribution in [2.24, 2.45) is 0 Å². The molecular formula is C23H31Cl2N3. The summed E-state index contributed by atoms with van der Waals surface area (Å²) in [6, 6.07) is 16.4. The van der Waals surface area contributed by atoms with Gasteiger partial charge in [-0.3, -0.25) is 4.90 Å². The van der Waals surface area contributed by atoms with Crippen LogP contribution in [0.25, 0.3) is 21.8 Å². The molecule has 0 saturated carbocycles. The van der Waals surface area contributed by atoms with E-state index in [-0.39, 0.29) is 24.8 Å². The maximum absolute atomic E-state index is 3.94. The predicted octanol–water partition coefficient (Wildman–Crippen LogP) is 5.57. The molecule has 1 atom stereocenters. The van der Waals surface area contributed by atoms with Crippen molar-refractivity contribution < 1.29 is 0 Å². The van der Waals surface area contributed by atoms with Gasteiger partial charge < -0.3 is 9.88 Å². The van der Waals surface area contributed by atoms with Crippen LogP contribution in [0.1, 0.15) is 31.4 Å². The van der Waals surface area contributed by atoms with E-state index in [1.165, 1.54) is 27.4 Å². The van der Waals surface area contributed by atoms with Crippen LogP contribution in [0.15, 0.2) is 55.1 Å². The Morgan fingerprint density at radius 2 is 1.75 bits per heavy atom.